The molecule has 0 atom stereocenters. The van der Waals surface area contributed by atoms with Crippen LogP contribution in [0.25, 0.3) is 88.1 Å². The van der Waals surface area contributed by atoms with Gasteiger partial charge in [0.05, 0.1) is 109 Å². The minimum atomic E-state index is -0.282. The highest BCUT2D eigenvalue weighted by Crippen LogP contribution is 2.33. The first-order chi connectivity index (χ1) is 64.8. The van der Waals surface area contributed by atoms with Gasteiger partial charge in [-0.1, -0.05) is 37.1 Å². The van der Waals surface area contributed by atoms with E-state index < -0.39 is 0 Å². The number of likely N-dealkylation sites (tertiary alicyclic amines) is 2. The molecule has 5 fully saturated rings. The second-order valence-electron chi connectivity index (χ2n) is 33.5. The molecule has 4 amide bonds. The van der Waals surface area contributed by atoms with Crippen molar-refractivity contribution >= 4 is 95.8 Å². The first kappa shape index (κ1) is 88.0. The Morgan fingerprint density at radius 3 is 0.917 bits per heavy atom. The summed E-state index contributed by atoms with van der Waals surface area (Å²) in [6, 6.07) is 47.3. The Hall–Kier alpha value is -14.6. The number of carbonyl (C=O) groups excluding carboxylic acids is 4. The largest absolute Gasteiger partial charge is 0.379 e. The summed E-state index contributed by atoms with van der Waals surface area (Å²) in [5.74, 6) is -0.224. The Morgan fingerprint density at radius 1 is 0.303 bits per heavy atom. The molecule has 0 unspecified atom stereocenters. The van der Waals surface area contributed by atoms with Gasteiger partial charge in [-0.25, -0.2) is 4.98 Å². The molecule has 0 bridgehead atoms. The molecule has 4 aromatic carbocycles. The van der Waals surface area contributed by atoms with Crippen LogP contribution < -0.4 is 26.2 Å². The maximum atomic E-state index is 13.1. The van der Waals surface area contributed by atoms with Crippen LogP contribution in [0.4, 0.5) is 28.6 Å². The van der Waals surface area contributed by atoms with E-state index in [2.05, 4.69) is 151 Å². The number of aromatic nitrogens is 16. The molecular weight excluding hydrogens is 1660 g/mol. The maximum absolute atomic E-state index is 13.1. The summed E-state index contributed by atoms with van der Waals surface area (Å²) >= 11 is 0. The minimum absolute atomic E-state index is 0.268. The zero-order valence-corrected chi connectivity index (χ0v) is 73.7. The highest BCUT2D eigenvalue weighted by molar-refractivity contribution is 6.14. The Morgan fingerprint density at radius 2 is 0.614 bits per heavy atom. The van der Waals surface area contributed by atoms with Gasteiger partial charge < -0.3 is 40.4 Å². The first-order valence-corrected chi connectivity index (χ1v) is 44.8. The Kier molecular flexibility index (Phi) is 28.2. The summed E-state index contributed by atoms with van der Waals surface area (Å²) in [5, 5.41) is 43.5. The number of amides is 4. The van der Waals surface area contributed by atoms with Gasteiger partial charge in [0.25, 0.3) is 23.6 Å². The molecule has 0 aliphatic carbocycles. The molecule has 32 heteroatoms. The Labute approximate surface area is 762 Å². The Bertz CT molecular complexity index is 6460. The SMILES string of the molecule is Cc1ccc(NC(=O)c2n[nH]c3ccc(-c4cncc(CN5CCCCC5)c4)cc23)cn1.Cc1ccc(NC(=O)c2n[nH]c3ccc(-c4cncc(CN5CCOCC5)c4)cc23)cn1.O=C(Nc1ccc(N2CCOCC2)nc1)c1n[nH]c2ccc(-c3cncc(CN4CCCCC4)c3)cc12.O=C(Nc1cccnc1)c1n[nH]c2ccc(-c3cncc(CN4CCOCC4)c3)cc12. The molecule has 16 aromatic rings. The molecular formula is C100H103N25O7. The molecule has 670 valence electrons. The fourth-order valence-corrected chi connectivity index (χ4v) is 16.9. The van der Waals surface area contributed by atoms with Gasteiger partial charge in [0.1, 0.15) is 5.82 Å². The molecule has 32 nitrogen and oxygen atoms in total. The van der Waals surface area contributed by atoms with Crippen molar-refractivity contribution in [3.05, 3.63) is 283 Å². The lowest BCUT2D eigenvalue weighted by molar-refractivity contribution is 0.0341. The van der Waals surface area contributed by atoms with Crippen molar-refractivity contribution < 1.29 is 33.4 Å². The van der Waals surface area contributed by atoms with Gasteiger partial charge in [-0.05, 0) is 232 Å². The number of benzene rings is 4. The van der Waals surface area contributed by atoms with Crippen LogP contribution in [-0.4, -0.2) is 229 Å². The molecule has 132 heavy (non-hydrogen) atoms. The van der Waals surface area contributed by atoms with Crippen molar-refractivity contribution in [2.45, 2.75) is 78.6 Å². The van der Waals surface area contributed by atoms with E-state index in [1.54, 1.807) is 43.1 Å². The quantitative estimate of drug-likeness (QED) is 0.0331. The number of fused-ring (bicyclic) bond motifs is 4. The number of aryl methyl sites for hydroxylation is 2. The van der Waals surface area contributed by atoms with E-state index in [1.165, 1.54) is 49.7 Å². The number of anilines is 5. The number of pyridine rings is 8. The standard InChI is InChI=1S/C28H31N7O2.C25H26N6O.C24H24N6O2.C23H22N6O2/c36-28(31-23-5-7-26(30-18-23)35-10-12-37-13-11-35)27-24-15-21(4-6-25(24)32-33-27)22-14-20(16-29-17-22)19-34-8-2-1-3-9-34;1-17-5-7-21(15-27-17)28-25(32)24-22-12-19(6-8-23(22)29-30-24)20-11-18(13-26-14-20)16-31-9-3-2-4-10-31;1-16-2-4-20(14-26-16)27-24(31)23-21-11-18(3-5-22(21)28-29-23)19-10-17(12-25-13-19)15-30-6-8-32-9-7-30;30-23(26-19-2-1-5-24-14-19)22-20-11-17(3-4-21(20)27-28-22)18-10-16(12-25-13-18)15-29-6-8-31-9-7-29/h4-7,14-18H,1-3,8-13,19H2,(H,31,36)(H,32,33);5-8,11-15H,2-4,9-10,16H2,1H3,(H,28,32)(H,29,30);2-5,10-14H,6-9,15H2,1H3,(H,27,31)(H,28,29);1-5,10-14H,6-9,15H2,(H,26,30)(H,27,28). The van der Waals surface area contributed by atoms with Crippen molar-refractivity contribution in [1.82, 2.24) is 100 Å². The minimum Gasteiger partial charge on any atom is -0.379 e. The second-order valence-corrected chi connectivity index (χ2v) is 33.5. The van der Waals surface area contributed by atoms with Crippen LogP contribution in [0.3, 0.4) is 0 Å². The molecule has 0 saturated carbocycles. The van der Waals surface area contributed by atoms with Gasteiger partial charge in [-0.3, -0.25) is 94.1 Å². The van der Waals surface area contributed by atoms with E-state index in [-0.39, 0.29) is 23.6 Å². The third kappa shape index (κ3) is 22.4. The first-order valence-electron chi connectivity index (χ1n) is 44.8. The molecule has 12 aromatic heterocycles. The van der Waals surface area contributed by atoms with Crippen LogP contribution in [0.5, 0.6) is 0 Å². The van der Waals surface area contributed by atoms with Crippen LogP contribution in [-0.2, 0) is 40.4 Å². The van der Waals surface area contributed by atoms with Crippen molar-refractivity contribution in [1.29, 1.82) is 0 Å². The normalized spacial score (nSPS) is 15.2. The average Bonchev–Trinajstić information content (AvgIpc) is 1.64. The summed E-state index contributed by atoms with van der Waals surface area (Å²) < 4.78 is 16.3. The zero-order chi connectivity index (χ0) is 89.9. The fraction of sp³-hybridized carbons (Fsp3) is 0.280. The highest BCUT2D eigenvalue weighted by atomic mass is 16.5. The van der Waals surface area contributed by atoms with Crippen molar-refractivity contribution in [3.8, 4) is 44.5 Å². The number of aromatic amines is 4. The predicted octanol–water partition coefficient (Wildman–Crippen LogP) is 15.2. The highest BCUT2D eigenvalue weighted by Gasteiger charge is 2.24. The molecule has 21 rings (SSSR count). The van der Waals surface area contributed by atoms with Crippen LogP contribution in [0.15, 0.2) is 226 Å². The van der Waals surface area contributed by atoms with E-state index in [0.29, 0.717) is 58.7 Å². The summed E-state index contributed by atoms with van der Waals surface area (Å²) in [6.45, 7) is 21.8. The van der Waals surface area contributed by atoms with E-state index in [4.69, 9.17) is 14.2 Å². The number of nitrogens with zero attached hydrogens (tertiary/aromatic N) is 17. The molecule has 0 radical (unpaired) electrons. The molecule has 5 aliphatic rings. The topological polar surface area (TPSA) is 378 Å². The van der Waals surface area contributed by atoms with Gasteiger partial charge in [0, 0.05) is 176 Å². The zero-order valence-electron chi connectivity index (χ0n) is 73.7. The number of carbonyl (C=O) groups is 4. The molecule has 8 N–H and O–H groups in total. The van der Waals surface area contributed by atoms with Gasteiger partial charge >= 0.3 is 0 Å². The number of hydrogen-bond donors (Lipinski definition) is 8. The smallest absolute Gasteiger partial charge is 0.276 e. The van der Waals surface area contributed by atoms with Crippen LogP contribution in [0.2, 0.25) is 0 Å². The summed E-state index contributed by atoms with van der Waals surface area (Å²) in [4.78, 5) is 98.4. The Balaban J connectivity index is 0.000000118. The number of piperidine rings is 2. The van der Waals surface area contributed by atoms with Gasteiger partial charge in [-0.15, -0.1) is 0 Å². The number of hydrogen-bond acceptors (Lipinski definition) is 24. The van der Waals surface area contributed by atoms with Crippen molar-refractivity contribution in [3.63, 3.8) is 0 Å². The maximum Gasteiger partial charge on any atom is 0.276 e. The van der Waals surface area contributed by atoms with E-state index >= 15 is 0 Å². The number of rotatable bonds is 21. The van der Waals surface area contributed by atoms with Crippen LogP contribution in [0, 0.1) is 13.8 Å². The molecule has 5 saturated heterocycles. The summed E-state index contributed by atoms with van der Waals surface area (Å²) in [5.41, 5.74) is 21.8. The van der Waals surface area contributed by atoms with E-state index in [9.17, 15) is 19.2 Å². The number of nitrogens with one attached hydrogen (secondary N) is 8. The third-order valence-electron chi connectivity index (χ3n) is 24.0. The lowest BCUT2D eigenvalue weighted by atomic mass is 10.0. The van der Waals surface area contributed by atoms with E-state index in [1.807, 2.05) is 173 Å². The van der Waals surface area contributed by atoms with E-state index in [0.717, 1.165) is 235 Å². The summed E-state index contributed by atoms with van der Waals surface area (Å²) in [7, 11) is 0. The van der Waals surface area contributed by atoms with Gasteiger partial charge in [-0.2, -0.15) is 20.4 Å². The number of ether oxygens (including phenoxy) is 3. The fourth-order valence-electron chi connectivity index (χ4n) is 16.9. The van der Waals surface area contributed by atoms with Crippen molar-refractivity contribution in [2.75, 3.05) is 131 Å². The van der Waals surface area contributed by atoms with Crippen LogP contribution in [0.1, 0.15) is 114 Å². The monoisotopic (exact) mass is 1770 g/mol. The second kappa shape index (κ2) is 42.3. The predicted molar refractivity (Wildman–Crippen MR) is 509 cm³/mol. The number of morpholine rings is 3. The number of H-pyrrole nitrogens is 4. The molecule has 17 heterocycles. The van der Waals surface area contributed by atoms with Gasteiger partial charge in [0.2, 0.25) is 0 Å². The summed E-state index contributed by atoms with van der Waals surface area (Å²) in [6.07, 6.45) is 31.1. The third-order valence-corrected chi connectivity index (χ3v) is 24.0. The lowest BCUT2D eigenvalue weighted by Gasteiger charge is -2.27. The molecule has 5 aliphatic heterocycles. The lowest BCUT2D eigenvalue weighted by Crippen LogP contribution is -2.36. The molecule has 0 spiro atoms. The average molecular weight is 1770 g/mol. The van der Waals surface area contributed by atoms with Crippen LogP contribution >= 0.6 is 0 Å². The van der Waals surface area contributed by atoms with Crippen molar-refractivity contribution in [2.24, 2.45) is 0 Å². The van der Waals surface area contributed by atoms with Gasteiger partial charge in [0.15, 0.2) is 22.8 Å².